The first-order valence-electron chi connectivity index (χ1n) is 10.6. The third-order valence-corrected chi connectivity index (χ3v) is 6.23. The first-order valence-corrected chi connectivity index (χ1v) is 10.6. The first kappa shape index (κ1) is 19.2. The van der Waals surface area contributed by atoms with Crippen molar-refractivity contribution in [2.75, 3.05) is 13.1 Å². The highest BCUT2D eigenvalue weighted by molar-refractivity contribution is 5.97. The minimum absolute atomic E-state index is 0.0250. The summed E-state index contributed by atoms with van der Waals surface area (Å²) in [6.07, 6.45) is 6.35. The van der Waals surface area contributed by atoms with Crippen molar-refractivity contribution >= 4 is 11.0 Å². The number of nitrogens with zero attached hydrogens (tertiary/aromatic N) is 3. The molecule has 1 aromatic carbocycles. The first-order chi connectivity index (χ1) is 15.5. The summed E-state index contributed by atoms with van der Waals surface area (Å²) in [5, 5.41) is 4.23. The van der Waals surface area contributed by atoms with Gasteiger partial charge in [0.1, 0.15) is 5.65 Å². The van der Waals surface area contributed by atoms with E-state index < -0.39 is 6.29 Å². The van der Waals surface area contributed by atoms with Crippen molar-refractivity contribution < 1.29 is 22.9 Å². The molecule has 6 rings (SSSR count). The number of fused-ring (bicyclic) bond motifs is 2. The predicted octanol–water partition coefficient (Wildman–Crippen LogP) is 3.77. The van der Waals surface area contributed by atoms with Crippen LogP contribution < -0.4 is 19.5 Å². The van der Waals surface area contributed by atoms with Gasteiger partial charge in [0, 0.05) is 34.5 Å². The number of para-hydroxylation sites is 1. The van der Waals surface area contributed by atoms with Gasteiger partial charge in [0.2, 0.25) is 6.20 Å². The number of hydrogen-bond donors (Lipinski definition) is 2. The fraction of sp³-hybridized carbons (Fsp3) is 0.304. The molecule has 0 atom stereocenters. The van der Waals surface area contributed by atoms with Crippen LogP contribution in [0.5, 0.6) is 11.5 Å². The second kappa shape index (κ2) is 7.03. The van der Waals surface area contributed by atoms with Crippen molar-refractivity contribution in [3.63, 3.8) is 0 Å². The lowest BCUT2D eigenvalue weighted by atomic mass is 10.0. The summed E-state index contributed by atoms with van der Waals surface area (Å²) in [5.74, 6) is 0.0595. The monoisotopic (exact) mass is 438 g/mol. The van der Waals surface area contributed by atoms with Crippen LogP contribution in [0.1, 0.15) is 18.9 Å². The summed E-state index contributed by atoms with van der Waals surface area (Å²) in [7, 11) is 2.05. The van der Waals surface area contributed by atoms with Gasteiger partial charge in [-0.1, -0.05) is 12.1 Å². The van der Waals surface area contributed by atoms with Crippen LogP contribution in [0, 0.1) is 0 Å². The number of pyridine rings is 1. The van der Waals surface area contributed by atoms with E-state index in [-0.39, 0.29) is 11.5 Å². The van der Waals surface area contributed by atoms with Crippen LogP contribution >= 0.6 is 0 Å². The molecule has 2 aliphatic heterocycles. The average Bonchev–Trinajstić information content (AvgIpc) is 3.47. The molecule has 0 radical (unpaired) electrons. The van der Waals surface area contributed by atoms with E-state index in [9.17, 15) is 8.78 Å². The summed E-state index contributed by atoms with van der Waals surface area (Å²) < 4.78 is 41.2. The molecule has 0 bridgehead atoms. The zero-order valence-electron chi connectivity index (χ0n) is 17.4. The van der Waals surface area contributed by atoms with Crippen LogP contribution in [0.15, 0.2) is 49.1 Å². The maximum atomic E-state index is 13.7. The number of H-pyrrole nitrogens is 1. The van der Waals surface area contributed by atoms with Crippen molar-refractivity contribution in [2.24, 2.45) is 7.05 Å². The number of benzene rings is 1. The van der Waals surface area contributed by atoms with Gasteiger partial charge in [-0.3, -0.25) is 0 Å². The van der Waals surface area contributed by atoms with Crippen molar-refractivity contribution in [1.82, 2.24) is 20.0 Å². The van der Waals surface area contributed by atoms with Crippen LogP contribution in [-0.2, 0) is 7.05 Å². The quantitative estimate of drug-likeness (QED) is 0.478. The van der Waals surface area contributed by atoms with E-state index in [2.05, 4.69) is 41.8 Å². The van der Waals surface area contributed by atoms with Crippen LogP contribution in [0.4, 0.5) is 8.78 Å². The summed E-state index contributed by atoms with van der Waals surface area (Å²) in [4.78, 5) is 7.71. The maximum absolute atomic E-state index is 13.7. The molecule has 9 heteroatoms. The fourth-order valence-electron chi connectivity index (χ4n) is 4.68. The molecular weight excluding hydrogens is 416 g/mol. The second-order valence-corrected chi connectivity index (χ2v) is 8.27. The van der Waals surface area contributed by atoms with Crippen LogP contribution in [0.3, 0.4) is 0 Å². The Balaban J connectivity index is 1.42. The smallest absolute Gasteiger partial charge is 0.395 e. The zero-order valence-corrected chi connectivity index (χ0v) is 17.4. The van der Waals surface area contributed by atoms with E-state index in [1.807, 2.05) is 19.3 Å². The van der Waals surface area contributed by atoms with E-state index in [0.717, 1.165) is 48.0 Å². The molecule has 0 saturated carbocycles. The average molecular weight is 438 g/mol. The van der Waals surface area contributed by atoms with Gasteiger partial charge in [-0.2, -0.15) is 4.68 Å². The number of aromatic nitrogens is 4. The van der Waals surface area contributed by atoms with Crippen molar-refractivity contribution in [3.05, 3.63) is 49.1 Å². The fourth-order valence-corrected chi connectivity index (χ4v) is 4.68. The highest BCUT2D eigenvalue weighted by atomic mass is 19.3. The SMILES string of the molecule is C[n+]1cc(-c2cnc3[nH]cc(-c4cccc5c4OC(F)(F)O5)c3c2)cn1C1CCNCC1. The number of halogens is 2. The maximum Gasteiger partial charge on any atom is 0.586 e. The summed E-state index contributed by atoms with van der Waals surface area (Å²) in [5.41, 5.74) is 3.94. The lowest BCUT2D eigenvalue weighted by Gasteiger charge is -2.21. The third kappa shape index (κ3) is 3.12. The lowest BCUT2D eigenvalue weighted by Crippen LogP contribution is -2.43. The van der Waals surface area contributed by atoms with Gasteiger partial charge in [0.05, 0.1) is 17.8 Å². The topological polar surface area (TPSA) is 68.0 Å². The molecule has 2 aliphatic rings. The standard InChI is InChI=1S/C23H22F2N5O2/c1-29-12-15(13-30(29)16-5-7-26-8-6-16)14-9-18-19(11-28-22(18)27-10-14)17-3-2-4-20-21(17)32-23(24,25)31-20/h2-4,9-13,16,26H,5-8H2,1H3,(H,27,28)/q+1. The summed E-state index contributed by atoms with van der Waals surface area (Å²) in [6.45, 7) is 2.04. The van der Waals surface area contributed by atoms with Crippen molar-refractivity contribution in [2.45, 2.75) is 25.2 Å². The summed E-state index contributed by atoms with van der Waals surface area (Å²) >= 11 is 0. The molecule has 0 aliphatic carbocycles. The molecule has 1 saturated heterocycles. The minimum atomic E-state index is -3.67. The Morgan fingerprint density at radius 3 is 2.84 bits per heavy atom. The Labute approximate surface area is 182 Å². The minimum Gasteiger partial charge on any atom is -0.395 e. The molecule has 4 aromatic rings. The molecule has 0 spiro atoms. The Hall–Kier alpha value is -3.46. The highest BCUT2D eigenvalue weighted by Gasteiger charge is 2.44. The Morgan fingerprint density at radius 1 is 1.16 bits per heavy atom. The number of rotatable bonds is 3. The number of ether oxygens (including phenoxy) is 2. The van der Waals surface area contributed by atoms with Gasteiger partial charge in [-0.25, -0.2) is 4.98 Å². The third-order valence-electron chi connectivity index (χ3n) is 6.23. The Bertz CT molecular complexity index is 1320. The molecule has 32 heavy (non-hydrogen) atoms. The van der Waals surface area contributed by atoms with E-state index in [4.69, 9.17) is 4.74 Å². The van der Waals surface area contributed by atoms with Crippen LogP contribution in [0.25, 0.3) is 33.3 Å². The van der Waals surface area contributed by atoms with Gasteiger partial charge in [-0.05, 0) is 38.1 Å². The predicted molar refractivity (Wildman–Crippen MR) is 113 cm³/mol. The van der Waals surface area contributed by atoms with Gasteiger partial charge < -0.3 is 19.8 Å². The normalized spacial score (nSPS) is 17.8. The van der Waals surface area contributed by atoms with E-state index in [1.165, 1.54) is 6.07 Å². The number of alkyl halides is 2. The number of aryl methyl sites for hydroxylation is 1. The van der Waals surface area contributed by atoms with Crippen molar-refractivity contribution in [3.8, 4) is 33.8 Å². The van der Waals surface area contributed by atoms with Gasteiger partial charge in [0.15, 0.2) is 18.5 Å². The largest absolute Gasteiger partial charge is 0.586 e. The Morgan fingerprint density at radius 2 is 2.00 bits per heavy atom. The zero-order chi connectivity index (χ0) is 21.9. The Kier molecular flexibility index (Phi) is 4.23. The summed E-state index contributed by atoms with van der Waals surface area (Å²) in [6, 6.07) is 7.38. The second-order valence-electron chi connectivity index (χ2n) is 8.27. The van der Waals surface area contributed by atoms with E-state index in [0.29, 0.717) is 17.3 Å². The molecule has 3 aromatic heterocycles. The van der Waals surface area contributed by atoms with E-state index in [1.54, 1.807) is 18.3 Å². The van der Waals surface area contributed by atoms with Crippen LogP contribution in [-0.4, -0.2) is 34.0 Å². The van der Waals surface area contributed by atoms with Crippen LogP contribution in [0.2, 0.25) is 0 Å². The molecule has 1 fully saturated rings. The molecule has 0 amide bonds. The molecule has 5 heterocycles. The van der Waals surface area contributed by atoms with Gasteiger partial charge >= 0.3 is 6.29 Å². The number of piperidine rings is 1. The number of nitrogens with one attached hydrogen (secondary N) is 2. The lowest BCUT2D eigenvalue weighted by molar-refractivity contribution is -0.756. The molecule has 7 nitrogen and oxygen atoms in total. The van der Waals surface area contributed by atoms with Crippen molar-refractivity contribution in [1.29, 1.82) is 0 Å². The molecule has 164 valence electrons. The molecule has 2 N–H and O–H groups in total. The number of aromatic amines is 1. The molecule has 0 unspecified atom stereocenters. The molecular formula is C23H22F2N5O2+. The highest BCUT2D eigenvalue weighted by Crippen LogP contribution is 2.48. The van der Waals surface area contributed by atoms with Gasteiger partial charge in [-0.15, -0.1) is 13.5 Å². The van der Waals surface area contributed by atoms with Gasteiger partial charge in [0.25, 0.3) is 0 Å². The van der Waals surface area contributed by atoms with E-state index >= 15 is 0 Å². The number of hydrogen-bond acceptors (Lipinski definition) is 4.